The molecule has 0 aromatic heterocycles. The highest BCUT2D eigenvalue weighted by atomic mass is 127. The third-order valence-corrected chi connectivity index (χ3v) is 4.58. The van der Waals surface area contributed by atoms with Crippen molar-refractivity contribution in [3.8, 4) is 0 Å². The van der Waals surface area contributed by atoms with E-state index in [4.69, 9.17) is 0 Å². The summed E-state index contributed by atoms with van der Waals surface area (Å²) in [6.45, 7) is 0. The monoisotopic (exact) mass is 378 g/mol. The lowest BCUT2D eigenvalue weighted by Crippen LogP contribution is -2.12. The van der Waals surface area contributed by atoms with Gasteiger partial charge in [-0.2, -0.15) is 13.2 Å². The van der Waals surface area contributed by atoms with Crippen molar-refractivity contribution in [1.82, 2.24) is 0 Å². The number of sulfone groups is 1. The van der Waals surface area contributed by atoms with Gasteiger partial charge in [0.15, 0.2) is 9.84 Å². The van der Waals surface area contributed by atoms with Gasteiger partial charge in [0.05, 0.1) is 10.6 Å². The average Bonchev–Trinajstić information content (AvgIpc) is 2.15. The third kappa shape index (κ3) is 5.24. The average molecular weight is 378 g/mol. The molecule has 0 saturated carbocycles. The zero-order valence-corrected chi connectivity index (χ0v) is 11.6. The zero-order valence-electron chi connectivity index (χ0n) is 8.67. The molecule has 0 aliphatic heterocycles. The molecular weight excluding hydrogens is 368 g/mol. The molecule has 0 bridgehead atoms. The minimum atomic E-state index is -4.30. The molecule has 0 heterocycles. The molecule has 0 N–H and O–H groups in total. The van der Waals surface area contributed by atoms with Gasteiger partial charge >= 0.3 is 6.18 Å². The van der Waals surface area contributed by atoms with Crippen LogP contribution in [0.15, 0.2) is 29.2 Å². The van der Waals surface area contributed by atoms with Crippen molar-refractivity contribution in [3.05, 3.63) is 27.8 Å². The Hall–Kier alpha value is -0.310. The molecule has 0 radical (unpaired) electrons. The first kappa shape index (κ1) is 14.7. The highest BCUT2D eigenvalue weighted by Gasteiger charge is 2.27. The van der Waals surface area contributed by atoms with E-state index in [1.807, 2.05) is 22.6 Å². The van der Waals surface area contributed by atoms with Crippen molar-refractivity contribution < 1.29 is 21.6 Å². The van der Waals surface area contributed by atoms with Crippen molar-refractivity contribution in [2.45, 2.75) is 23.9 Å². The minimum Gasteiger partial charge on any atom is -0.224 e. The Morgan fingerprint density at radius 2 is 1.65 bits per heavy atom. The smallest absolute Gasteiger partial charge is 0.224 e. The van der Waals surface area contributed by atoms with Gasteiger partial charge in [-0.05, 0) is 53.3 Å². The van der Waals surface area contributed by atoms with Crippen LogP contribution in [0.25, 0.3) is 0 Å². The Labute approximate surface area is 111 Å². The van der Waals surface area contributed by atoms with Gasteiger partial charge < -0.3 is 0 Å². The van der Waals surface area contributed by atoms with Crippen molar-refractivity contribution in [2.75, 3.05) is 5.75 Å². The molecule has 2 nitrogen and oxygen atoms in total. The summed E-state index contributed by atoms with van der Waals surface area (Å²) in [7, 11) is -3.60. The molecule has 0 aliphatic rings. The van der Waals surface area contributed by atoms with Crippen LogP contribution in [0.1, 0.15) is 12.8 Å². The first-order valence-corrected chi connectivity index (χ1v) is 7.49. The molecule has 1 rings (SSSR count). The Bertz CT molecular complexity index is 465. The van der Waals surface area contributed by atoms with Crippen LogP contribution < -0.4 is 0 Å². The fraction of sp³-hybridized carbons (Fsp3) is 0.400. The van der Waals surface area contributed by atoms with E-state index in [2.05, 4.69) is 0 Å². The summed E-state index contributed by atoms with van der Waals surface area (Å²) in [6.07, 6.45) is -5.78. The van der Waals surface area contributed by atoms with E-state index in [-0.39, 0.29) is 4.90 Å². The first-order valence-electron chi connectivity index (χ1n) is 4.76. The van der Waals surface area contributed by atoms with Crippen molar-refractivity contribution in [3.63, 3.8) is 0 Å². The molecule has 0 unspecified atom stereocenters. The summed E-state index contributed by atoms with van der Waals surface area (Å²) in [4.78, 5) is 0.0695. The SMILES string of the molecule is O=S(=O)(CCCC(F)(F)F)c1ccc(I)cc1. The number of hydrogen-bond donors (Lipinski definition) is 0. The predicted octanol–water partition coefficient (Wildman–Crippen LogP) is 3.41. The predicted molar refractivity (Wildman–Crippen MR) is 66.5 cm³/mol. The van der Waals surface area contributed by atoms with Gasteiger partial charge in [0.2, 0.25) is 0 Å². The number of halogens is 4. The molecule has 1 aromatic carbocycles. The standard InChI is InChI=1S/C10H10F3IO2S/c11-10(12,13)6-1-7-17(15,16)9-4-2-8(14)3-5-9/h2-5H,1,6-7H2. The van der Waals surface area contributed by atoms with Gasteiger partial charge in [-0.3, -0.25) is 0 Å². The molecule has 0 amide bonds. The second-order valence-electron chi connectivity index (χ2n) is 3.49. The van der Waals surface area contributed by atoms with Crippen LogP contribution in [0.4, 0.5) is 13.2 Å². The molecule has 0 saturated heterocycles. The third-order valence-electron chi connectivity index (χ3n) is 2.05. The molecule has 7 heteroatoms. The lowest BCUT2D eigenvalue weighted by molar-refractivity contribution is -0.134. The van der Waals surface area contributed by atoms with Crippen LogP contribution in [0.5, 0.6) is 0 Å². The second kappa shape index (κ2) is 5.55. The van der Waals surface area contributed by atoms with Crippen LogP contribution in [-0.2, 0) is 9.84 Å². The van der Waals surface area contributed by atoms with E-state index in [0.29, 0.717) is 0 Å². The second-order valence-corrected chi connectivity index (χ2v) is 6.85. The molecule has 0 aliphatic carbocycles. The molecular formula is C10H10F3IO2S. The summed E-state index contributed by atoms with van der Waals surface area (Å²) in [6, 6.07) is 6.03. The lowest BCUT2D eigenvalue weighted by atomic mass is 10.3. The van der Waals surface area contributed by atoms with Gasteiger partial charge in [-0.15, -0.1) is 0 Å². The van der Waals surface area contributed by atoms with Gasteiger partial charge in [0, 0.05) is 9.99 Å². The summed E-state index contributed by atoms with van der Waals surface area (Å²) < 4.78 is 59.9. The van der Waals surface area contributed by atoms with Crippen molar-refractivity contribution in [1.29, 1.82) is 0 Å². The van der Waals surface area contributed by atoms with Crippen molar-refractivity contribution in [2.24, 2.45) is 0 Å². The summed E-state index contributed by atoms with van der Waals surface area (Å²) in [5.41, 5.74) is 0. The van der Waals surface area contributed by atoms with Crippen LogP contribution in [0.2, 0.25) is 0 Å². The Kier molecular flexibility index (Phi) is 4.82. The van der Waals surface area contributed by atoms with Gasteiger partial charge in [-0.25, -0.2) is 8.42 Å². The number of hydrogen-bond acceptors (Lipinski definition) is 2. The highest BCUT2D eigenvalue weighted by Crippen LogP contribution is 2.23. The van der Waals surface area contributed by atoms with Gasteiger partial charge in [0.25, 0.3) is 0 Å². The fourth-order valence-electron chi connectivity index (χ4n) is 1.22. The normalized spacial score (nSPS) is 12.7. The Morgan fingerprint density at radius 1 is 1.12 bits per heavy atom. The van der Waals surface area contributed by atoms with E-state index in [9.17, 15) is 21.6 Å². The molecule has 17 heavy (non-hydrogen) atoms. The highest BCUT2D eigenvalue weighted by molar-refractivity contribution is 14.1. The fourth-order valence-corrected chi connectivity index (χ4v) is 2.89. The Balaban J connectivity index is 2.66. The summed E-state index contributed by atoms with van der Waals surface area (Å²) in [5.74, 6) is -0.479. The summed E-state index contributed by atoms with van der Waals surface area (Å²) >= 11 is 2.02. The largest absolute Gasteiger partial charge is 0.389 e. The maximum absolute atomic E-state index is 11.9. The van der Waals surface area contributed by atoms with Crippen LogP contribution in [0, 0.1) is 3.57 Å². The number of rotatable bonds is 4. The molecule has 0 spiro atoms. The van der Waals surface area contributed by atoms with E-state index in [1.165, 1.54) is 12.1 Å². The Morgan fingerprint density at radius 3 is 2.12 bits per heavy atom. The van der Waals surface area contributed by atoms with E-state index >= 15 is 0 Å². The first-order chi connectivity index (χ1) is 7.71. The molecule has 0 atom stereocenters. The van der Waals surface area contributed by atoms with E-state index < -0.39 is 34.6 Å². The van der Waals surface area contributed by atoms with Crippen LogP contribution in [0.3, 0.4) is 0 Å². The summed E-state index contributed by atoms with van der Waals surface area (Å²) in [5, 5.41) is 0. The topological polar surface area (TPSA) is 34.1 Å². The van der Waals surface area contributed by atoms with Gasteiger partial charge in [-0.1, -0.05) is 0 Å². The number of alkyl halides is 3. The van der Waals surface area contributed by atoms with Crippen LogP contribution in [-0.4, -0.2) is 20.3 Å². The molecule has 1 aromatic rings. The van der Waals surface area contributed by atoms with Gasteiger partial charge in [0.1, 0.15) is 0 Å². The number of benzene rings is 1. The minimum absolute atomic E-state index is 0.0695. The lowest BCUT2D eigenvalue weighted by Gasteiger charge is -2.07. The van der Waals surface area contributed by atoms with E-state index in [0.717, 1.165) is 3.57 Å². The van der Waals surface area contributed by atoms with E-state index in [1.54, 1.807) is 12.1 Å². The molecule has 96 valence electrons. The maximum atomic E-state index is 11.9. The van der Waals surface area contributed by atoms with Crippen LogP contribution >= 0.6 is 22.6 Å². The maximum Gasteiger partial charge on any atom is 0.389 e. The molecule has 0 fully saturated rings. The van der Waals surface area contributed by atoms with Crippen molar-refractivity contribution >= 4 is 32.4 Å². The zero-order chi connectivity index (χ0) is 13.1. The quantitative estimate of drug-likeness (QED) is 0.753.